The van der Waals surface area contributed by atoms with Crippen LogP contribution < -0.4 is 15.8 Å². The van der Waals surface area contributed by atoms with Gasteiger partial charge in [0.25, 0.3) is 5.56 Å². The molecule has 142 valence electrons. The van der Waals surface area contributed by atoms with E-state index in [1.165, 1.54) is 0 Å². The van der Waals surface area contributed by atoms with E-state index in [2.05, 4.69) is 17.1 Å². The van der Waals surface area contributed by atoms with Crippen LogP contribution in [-0.4, -0.2) is 57.8 Å². The number of pyridine rings is 1. The maximum Gasteiger partial charge on any atom is 0.252 e. The average Bonchev–Trinajstić information content (AvgIpc) is 3.11. The third-order valence-corrected chi connectivity index (χ3v) is 5.49. The molecule has 0 aromatic carbocycles. The van der Waals surface area contributed by atoms with Gasteiger partial charge in [-0.3, -0.25) is 4.79 Å². The minimum absolute atomic E-state index is 0.0306. The van der Waals surface area contributed by atoms with Crippen LogP contribution in [0.3, 0.4) is 0 Å². The first-order valence-corrected chi connectivity index (χ1v) is 9.40. The van der Waals surface area contributed by atoms with E-state index in [1.54, 1.807) is 17.7 Å². The molecule has 8 heteroatoms. The summed E-state index contributed by atoms with van der Waals surface area (Å²) in [6, 6.07) is 1.85. The third-order valence-electron chi connectivity index (χ3n) is 5.49. The summed E-state index contributed by atoms with van der Waals surface area (Å²) in [4.78, 5) is 14.7. The van der Waals surface area contributed by atoms with Gasteiger partial charge in [-0.1, -0.05) is 0 Å². The van der Waals surface area contributed by atoms with Crippen molar-refractivity contribution in [2.24, 2.45) is 7.05 Å². The van der Waals surface area contributed by atoms with Crippen molar-refractivity contribution in [1.82, 2.24) is 19.7 Å². The molecule has 4 rings (SSSR count). The summed E-state index contributed by atoms with van der Waals surface area (Å²) < 4.78 is 9.34. The molecular weight excluding hydrogens is 334 g/mol. The monoisotopic (exact) mass is 361 g/mol. The molecule has 0 bridgehead atoms. The number of aliphatic hydroxyl groups excluding tert-OH is 1. The zero-order chi connectivity index (χ0) is 18.3. The minimum Gasteiger partial charge on any atom is -0.394 e. The maximum absolute atomic E-state index is 12.5. The van der Waals surface area contributed by atoms with Crippen LogP contribution in [0.5, 0.6) is 0 Å². The van der Waals surface area contributed by atoms with Crippen molar-refractivity contribution >= 4 is 16.7 Å². The Hall–Kier alpha value is -1.90. The van der Waals surface area contributed by atoms with Crippen LogP contribution in [0.25, 0.3) is 11.0 Å². The van der Waals surface area contributed by atoms with Crippen molar-refractivity contribution < 1.29 is 9.84 Å². The van der Waals surface area contributed by atoms with E-state index in [-0.39, 0.29) is 30.5 Å². The van der Waals surface area contributed by atoms with Gasteiger partial charge in [0.05, 0.1) is 30.0 Å². The van der Waals surface area contributed by atoms with Crippen LogP contribution in [0.4, 0.5) is 5.69 Å². The lowest BCUT2D eigenvalue weighted by Gasteiger charge is -2.40. The standard InChI is InChI=1S/C18H27N5O3/c1-12-9-22(13(11-24)8-19-12)14-7-16(25)21(2)15-10-23(20-18(14)15)17-5-3-4-6-26-17/h7,10,12-13,17,19,24H,3-6,8-9,11H2,1-2H3/t12-,13-,17?/m1/s1. The van der Waals surface area contributed by atoms with Crippen molar-refractivity contribution in [3.8, 4) is 0 Å². The van der Waals surface area contributed by atoms with E-state index in [0.29, 0.717) is 6.54 Å². The number of fused-ring (bicyclic) bond motifs is 1. The molecule has 4 heterocycles. The maximum atomic E-state index is 12.5. The number of nitrogens with one attached hydrogen (secondary N) is 1. The van der Waals surface area contributed by atoms with Crippen LogP contribution >= 0.6 is 0 Å². The molecule has 2 aliphatic heterocycles. The van der Waals surface area contributed by atoms with E-state index >= 15 is 0 Å². The fourth-order valence-electron chi connectivity index (χ4n) is 3.92. The predicted octanol–water partition coefficient (Wildman–Crippen LogP) is 0.593. The fourth-order valence-corrected chi connectivity index (χ4v) is 3.92. The Kier molecular flexibility index (Phi) is 4.73. The number of rotatable bonds is 3. The molecule has 0 aliphatic carbocycles. The van der Waals surface area contributed by atoms with Crippen molar-refractivity contribution in [2.45, 2.75) is 44.5 Å². The summed E-state index contributed by atoms with van der Waals surface area (Å²) in [7, 11) is 1.77. The lowest BCUT2D eigenvalue weighted by Crippen LogP contribution is -2.57. The van der Waals surface area contributed by atoms with Crippen molar-refractivity contribution in [1.29, 1.82) is 0 Å². The van der Waals surface area contributed by atoms with Gasteiger partial charge in [0.1, 0.15) is 11.7 Å². The Bertz CT molecular complexity index is 839. The predicted molar refractivity (Wildman–Crippen MR) is 99.5 cm³/mol. The number of nitrogens with zero attached hydrogens (tertiary/aromatic N) is 4. The average molecular weight is 361 g/mol. The van der Waals surface area contributed by atoms with E-state index in [9.17, 15) is 9.90 Å². The topological polar surface area (TPSA) is 84.6 Å². The van der Waals surface area contributed by atoms with Gasteiger partial charge in [-0.2, -0.15) is 5.10 Å². The first-order chi connectivity index (χ1) is 12.6. The molecule has 2 fully saturated rings. The third kappa shape index (κ3) is 3.02. The van der Waals surface area contributed by atoms with Crippen molar-refractivity contribution in [3.63, 3.8) is 0 Å². The van der Waals surface area contributed by atoms with Gasteiger partial charge in [-0.25, -0.2) is 4.68 Å². The lowest BCUT2D eigenvalue weighted by atomic mass is 10.1. The number of anilines is 1. The fraction of sp³-hybridized carbons (Fsp3) is 0.667. The highest BCUT2D eigenvalue weighted by Crippen LogP contribution is 2.29. The second-order valence-electron chi connectivity index (χ2n) is 7.39. The summed E-state index contributed by atoms with van der Waals surface area (Å²) in [5.41, 5.74) is 2.31. The van der Waals surface area contributed by atoms with Crippen LogP contribution in [0, 0.1) is 0 Å². The molecule has 0 spiro atoms. The smallest absolute Gasteiger partial charge is 0.252 e. The second-order valence-corrected chi connectivity index (χ2v) is 7.39. The number of aryl methyl sites for hydroxylation is 1. The van der Waals surface area contributed by atoms with Gasteiger partial charge < -0.3 is 24.6 Å². The molecule has 0 amide bonds. The van der Waals surface area contributed by atoms with Crippen LogP contribution in [-0.2, 0) is 11.8 Å². The lowest BCUT2D eigenvalue weighted by molar-refractivity contribution is -0.0390. The molecule has 0 saturated carbocycles. The van der Waals surface area contributed by atoms with Crippen molar-refractivity contribution in [3.05, 3.63) is 22.6 Å². The SMILES string of the molecule is C[C@@H]1CN(c2cc(=O)n(C)c3cn(C4CCCCO4)nc23)[C@@H](CO)CN1. The number of aromatic nitrogens is 3. The molecule has 2 aromatic rings. The second kappa shape index (κ2) is 7.02. The molecule has 2 N–H and O–H groups in total. The molecule has 2 aliphatic rings. The molecular formula is C18H27N5O3. The Labute approximate surface area is 152 Å². The number of hydrogen-bond donors (Lipinski definition) is 2. The Morgan fingerprint density at radius 3 is 3.00 bits per heavy atom. The highest BCUT2D eigenvalue weighted by molar-refractivity contribution is 5.88. The highest BCUT2D eigenvalue weighted by Gasteiger charge is 2.29. The molecule has 1 unspecified atom stereocenters. The zero-order valence-electron chi connectivity index (χ0n) is 15.4. The quantitative estimate of drug-likeness (QED) is 0.833. The molecule has 26 heavy (non-hydrogen) atoms. The van der Waals surface area contributed by atoms with Gasteiger partial charge in [-0.15, -0.1) is 0 Å². The van der Waals surface area contributed by atoms with Crippen LogP contribution in [0.1, 0.15) is 32.4 Å². The zero-order valence-corrected chi connectivity index (χ0v) is 15.4. The first-order valence-electron chi connectivity index (χ1n) is 9.40. The highest BCUT2D eigenvalue weighted by atomic mass is 16.5. The Balaban J connectivity index is 1.82. The van der Waals surface area contributed by atoms with Gasteiger partial charge in [0.2, 0.25) is 0 Å². The Morgan fingerprint density at radius 2 is 2.27 bits per heavy atom. The first kappa shape index (κ1) is 17.5. The summed E-state index contributed by atoms with van der Waals surface area (Å²) in [5.74, 6) is 0. The van der Waals surface area contributed by atoms with Crippen molar-refractivity contribution in [2.75, 3.05) is 31.2 Å². The minimum atomic E-state index is -0.0744. The molecule has 2 saturated heterocycles. The summed E-state index contributed by atoms with van der Waals surface area (Å²) in [5, 5.41) is 18.0. The molecule has 3 atom stereocenters. The number of ether oxygens (including phenoxy) is 1. The molecule has 8 nitrogen and oxygen atoms in total. The van der Waals surface area contributed by atoms with E-state index in [4.69, 9.17) is 9.84 Å². The van der Waals surface area contributed by atoms with Crippen LogP contribution in [0.2, 0.25) is 0 Å². The summed E-state index contributed by atoms with van der Waals surface area (Å²) in [6.07, 6.45) is 4.97. The number of hydrogen-bond acceptors (Lipinski definition) is 6. The van der Waals surface area contributed by atoms with E-state index < -0.39 is 0 Å². The normalized spacial score (nSPS) is 27.2. The molecule has 2 aromatic heterocycles. The van der Waals surface area contributed by atoms with Gasteiger partial charge >= 0.3 is 0 Å². The largest absolute Gasteiger partial charge is 0.394 e. The van der Waals surface area contributed by atoms with E-state index in [1.807, 2.05) is 10.9 Å². The Morgan fingerprint density at radius 1 is 1.42 bits per heavy atom. The van der Waals surface area contributed by atoms with Crippen LogP contribution in [0.15, 0.2) is 17.1 Å². The molecule has 0 radical (unpaired) electrons. The van der Waals surface area contributed by atoms with Gasteiger partial charge in [0.15, 0.2) is 0 Å². The van der Waals surface area contributed by atoms with Gasteiger partial charge in [-0.05, 0) is 26.2 Å². The summed E-state index contributed by atoms with van der Waals surface area (Å²) >= 11 is 0. The van der Waals surface area contributed by atoms with Gasteiger partial charge in [0, 0.05) is 38.9 Å². The summed E-state index contributed by atoms with van der Waals surface area (Å²) in [6.45, 7) is 4.28. The number of aliphatic hydroxyl groups is 1. The van der Waals surface area contributed by atoms with E-state index in [0.717, 1.165) is 49.1 Å². The number of piperazine rings is 1.